The zero-order valence-electron chi connectivity index (χ0n) is 10.9. The molecule has 3 rings (SSSR count). The van der Waals surface area contributed by atoms with Gasteiger partial charge in [0.15, 0.2) is 0 Å². The van der Waals surface area contributed by atoms with Crippen LogP contribution in [0.5, 0.6) is 0 Å². The Morgan fingerprint density at radius 3 is 1.95 bits per heavy atom. The Morgan fingerprint density at radius 1 is 0.810 bits per heavy atom. The van der Waals surface area contributed by atoms with Gasteiger partial charge in [0.2, 0.25) is 11.6 Å². The quantitative estimate of drug-likeness (QED) is 0.684. The van der Waals surface area contributed by atoms with E-state index in [-0.39, 0.29) is 16.5 Å². The van der Waals surface area contributed by atoms with Gasteiger partial charge in [0, 0.05) is 11.1 Å². The lowest BCUT2D eigenvalue weighted by Gasteiger charge is -2.25. The van der Waals surface area contributed by atoms with E-state index in [0.29, 0.717) is 16.8 Å². The van der Waals surface area contributed by atoms with Gasteiger partial charge in [-0.05, 0) is 12.1 Å². The van der Waals surface area contributed by atoms with Gasteiger partial charge in [-0.25, -0.2) is 5.84 Å². The predicted molar refractivity (Wildman–Crippen MR) is 81.1 cm³/mol. The summed E-state index contributed by atoms with van der Waals surface area (Å²) in [7, 11) is 0. The maximum atomic E-state index is 12.6. The maximum Gasteiger partial charge on any atom is 0.213 e. The molecule has 0 atom stereocenters. The molecule has 5 heteroatoms. The van der Waals surface area contributed by atoms with Crippen molar-refractivity contribution >= 4 is 28.9 Å². The molecule has 0 radical (unpaired) electrons. The number of hydrazine groups is 1. The summed E-state index contributed by atoms with van der Waals surface area (Å²) < 4.78 is 0. The summed E-state index contributed by atoms with van der Waals surface area (Å²) in [5.74, 6) is 5.23. The molecule has 0 spiro atoms. The van der Waals surface area contributed by atoms with Crippen LogP contribution in [-0.2, 0) is 0 Å². The number of benzene rings is 2. The molecule has 2 aromatic rings. The third kappa shape index (κ3) is 2.14. The highest BCUT2D eigenvalue weighted by Gasteiger charge is 2.33. The number of nitrogens with two attached hydrogens (primary N) is 1. The molecule has 4 nitrogen and oxygen atoms in total. The summed E-state index contributed by atoms with van der Waals surface area (Å²) in [6, 6.07) is 15.4. The molecule has 0 bridgehead atoms. The van der Waals surface area contributed by atoms with Crippen LogP contribution < -0.4 is 10.9 Å². The minimum absolute atomic E-state index is 0.00781. The lowest BCUT2D eigenvalue weighted by atomic mass is 9.92. The summed E-state index contributed by atoms with van der Waals surface area (Å²) >= 11 is 6.09. The van der Waals surface area contributed by atoms with Crippen LogP contribution in [-0.4, -0.2) is 11.6 Å². The second-order valence-electron chi connectivity index (χ2n) is 4.57. The minimum atomic E-state index is -0.395. The Balaban J connectivity index is 2.13. The number of para-hydroxylation sites is 1. The summed E-state index contributed by atoms with van der Waals surface area (Å²) in [4.78, 5) is 24.9. The molecule has 0 heterocycles. The van der Waals surface area contributed by atoms with Crippen LogP contribution >= 0.6 is 11.6 Å². The molecule has 0 saturated heterocycles. The normalized spacial score (nSPS) is 14.2. The van der Waals surface area contributed by atoms with Crippen molar-refractivity contribution in [2.75, 3.05) is 5.01 Å². The highest BCUT2D eigenvalue weighted by molar-refractivity contribution is 6.50. The maximum absolute atomic E-state index is 12.6. The van der Waals surface area contributed by atoms with Crippen molar-refractivity contribution in [3.05, 3.63) is 76.5 Å². The van der Waals surface area contributed by atoms with Gasteiger partial charge in [-0.2, -0.15) is 0 Å². The van der Waals surface area contributed by atoms with Crippen molar-refractivity contribution < 1.29 is 9.59 Å². The van der Waals surface area contributed by atoms with E-state index in [4.69, 9.17) is 17.4 Å². The first-order valence-electron chi connectivity index (χ1n) is 6.29. The van der Waals surface area contributed by atoms with E-state index >= 15 is 0 Å². The molecular weight excluding hydrogens is 288 g/mol. The smallest absolute Gasteiger partial charge is 0.213 e. The van der Waals surface area contributed by atoms with Crippen molar-refractivity contribution in [3.8, 4) is 0 Å². The van der Waals surface area contributed by atoms with Crippen molar-refractivity contribution in [1.82, 2.24) is 0 Å². The van der Waals surface area contributed by atoms with Gasteiger partial charge in [0.05, 0.1) is 5.69 Å². The molecule has 104 valence electrons. The van der Waals surface area contributed by atoms with Crippen molar-refractivity contribution in [3.63, 3.8) is 0 Å². The monoisotopic (exact) mass is 298 g/mol. The minimum Gasteiger partial charge on any atom is -0.287 e. The van der Waals surface area contributed by atoms with E-state index in [1.807, 2.05) is 6.07 Å². The molecular formula is C16H11ClN2O2. The zero-order valence-corrected chi connectivity index (χ0v) is 11.7. The van der Waals surface area contributed by atoms with Gasteiger partial charge < -0.3 is 0 Å². The third-order valence-electron chi connectivity index (χ3n) is 3.31. The fourth-order valence-corrected chi connectivity index (χ4v) is 2.54. The summed E-state index contributed by atoms with van der Waals surface area (Å²) in [5, 5.41) is 0.989. The third-order valence-corrected chi connectivity index (χ3v) is 3.66. The van der Waals surface area contributed by atoms with Crippen LogP contribution in [0.4, 0.5) is 5.69 Å². The zero-order chi connectivity index (χ0) is 15.0. The van der Waals surface area contributed by atoms with Gasteiger partial charge in [0.25, 0.3) is 0 Å². The molecule has 2 aromatic carbocycles. The van der Waals surface area contributed by atoms with Gasteiger partial charge in [-0.3, -0.25) is 14.6 Å². The number of rotatable bonds is 2. The molecule has 1 aliphatic rings. The first-order chi connectivity index (χ1) is 10.1. The van der Waals surface area contributed by atoms with E-state index < -0.39 is 5.78 Å². The van der Waals surface area contributed by atoms with Gasteiger partial charge in [-0.1, -0.05) is 54.1 Å². The number of anilines is 1. The first-order valence-corrected chi connectivity index (χ1v) is 6.67. The van der Waals surface area contributed by atoms with Crippen LogP contribution in [0, 0.1) is 0 Å². The fraction of sp³-hybridized carbons (Fsp3) is 0. The second kappa shape index (κ2) is 5.16. The number of ketones is 2. The van der Waals surface area contributed by atoms with Crippen LogP contribution in [0.15, 0.2) is 65.3 Å². The summed E-state index contributed by atoms with van der Waals surface area (Å²) in [6.45, 7) is 0. The van der Waals surface area contributed by atoms with Gasteiger partial charge in [-0.15, -0.1) is 0 Å². The van der Waals surface area contributed by atoms with Gasteiger partial charge in [0.1, 0.15) is 10.7 Å². The lowest BCUT2D eigenvalue weighted by molar-refractivity contribution is 0.0978. The van der Waals surface area contributed by atoms with Crippen molar-refractivity contribution in [1.29, 1.82) is 0 Å². The number of hydrogen-bond donors (Lipinski definition) is 1. The molecule has 2 N–H and O–H groups in total. The number of fused-ring (bicyclic) bond motifs is 1. The van der Waals surface area contributed by atoms with Gasteiger partial charge >= 0.3 is 0 Å². The Kier molecular flexibility index (Phi) is 3.33. The summed E-state index contributed by atoms with van der Waals surface area (Å²) in [6.07, 6.45) is 0. The van der Waals surface area contributed by atoms with E-state index in [1.54, 1.807) is 48.5 Å². The van der Waals surface area contributed by atoms with E-state index in [1.165, 1.54) is 0 Å². The van der Waals surface area contributed by atoms with Crippen molar-refractivity contribution in [2.45, 2.75) is 0 Å². The number of Topliss-reactive ketones (excluding diaryl/α,β-unsaturated/α-hetero) is 2. The molecule has 0 amide bonds. The molecule has 21 heavy (non-hydrogen) atoms. The predicted octanol–water partition coefficient (Wildman–Crippen LogP) is 2.90. The average Bonchev–Trinajstić information content (AvgIpc) is 2.53. The van der Waals surface area contributed by atoms with E-state index in [2.05, 4.69) is 0 Å². The van der Waals surface area contributed by atoms with Crippen LogP contribution in [0.1, 0.15) is 20.7 Å². The van der Waals surface area contributed by atoms with Crippen LogP contribution in [0.2, 0.25) is 0 Å². The van der Waals surface area contributed by atoms with E-state index in [0.717, 1.165) is 5.01 Å². The number of carbonyl (C=O) groups is 2. The second-order valence-corrected chi connectivity index (χ2v) is 4.95. The van der Waals surface area contributed by atoms with Crippen molar-refractivity contribution in [2.24, 2.45) is 5.84 Å². The molecule has 0 fully saturated rings. The number of hydrogen-bond acceptors (Lipinski definition) is 4. The highest BCUT2D eigenvalue weighted by atomic mass is 35.5. The Bertz CT molecular complexity index is 769. The molecule has 1 aliphatic carbocycles. The average molecular weight is 299 g/mol. The largest absolute Gasteiger partial charge is 0.287 e. The first kappa shape index (κ1) is 13.5. The topological polar surface area (TPSA) is 63.4 Å². The van der Waals surface area contributed by atoms with Crippen LogP contribution in [0.3, 0.4) is 0 Å². The number of allylic oxidation sites excluding steroid dienone is 2. The number of carbonyl (C=O) groups excluding carboxylic acids is 2. The summed E-state index contributed by atoms with van der Waals surface area (Å²) in [5.41, 5.74) is 1.18. The Morgan fingerprint density at radius 2 is 1.33 bits per heavy atom. The SMILES string of the molecule is NN(C1=C(Cl)C(=O)c2ccccc2C1=O)c1ccccc1. The fourth-order valence-electron chi connectivity index (χ4n) is 2.26. The Hall–Kier alpha value is -2.43. The number of nitrogens with zero attached hydrogens (tertiary/aromatic N) is 1. The molecule has 0 saturated carbocycles. The van der Waals surface area contributed by atoms with E-state index in [9.17, 15) is 9.59 Å². The molecule has 0 aromatic heterocycles. The van der Waals surface area contributed by atoms with Crippen LogP contribution in [0.25, 0.3) is 0 Å². The standard InChI is InChI=1S/C16H11ClN2O2/c17-13-14(19(18)10-6-2-1-3-7-10)16(21)12-9-5-4-8-11(12)15(13)20/h1-9H,18H2. The molecule has 0 unspecified atom stereocenters. The highest BCUT2D eigenvalue weighted by Crippen LogP contribution is 2.31. The molecule has 0 aliphatic heterocycles. The lowest BCUT2D eigenvalue weighted by Crippen LogP contribution is -2.38. The Labute approximate surface area is 126 Å². The number of halogens is 1.